The summed E-state index contributed by atoms with van der Waals surface area (Å²) in [7, 11) is 4.01. The summed E-state index contributed by atoms with van der Waals surface area (Å²) in [6.45, 7) is 5.45. The van der Waals surface area contributed by atoms with Crippen molar-refractivity contribution < 1.29 is 4.79 Å². The van der Waals surface area contributed by atoms with Crippen LogP contribution in [-0.2, 0) is 6.54 Å². The van der Waals surface area contributed by atoms with Gasteiger partial charge in [-0.3, -0.25) is 5.10 Å². The molecule has 2 rings (SSSR count). The number of rotatable bonds is 8. The third-order valence-corrected chi connectivity index (χ3v) is 4.23. The van der Waals surface area contributed by atoms with Crippen molar-refractivity contribution in [2.75, 3.05) is 20.6 Å². The van der Waals surface area contributed by atoms with Crippen molar-refractivity contribution in [2.45, 2.75) is 32.9 Å². The highest BCUT2D eigenvalue weighted by Gasteiger charge is 2.15. The largest absolute Gasteiger partial charge is 0.334 e. The van der Waals surface area contributed by atoms with Crippen LogP contribution in [0.3, 0.4) is 0 Å². The van der Waals surface area contributed by atoms with Gasteiger partial charge < -0.3 is 15.5 Å². The van der Waals surface area contributed by atoms with Gasteiger partial charge >= 0.3 is 6.03 Å². The second-order valence-electron chi connectivity index (χ2n) is 6.50. The Kier molecular flexibility index (Phi) is 6.74. The van der Waals surface area contributed by atoms with Gasteiger partial charge in [-0.1, -0.05) is 19.9 Å². The van der Waals surface area contributed by atoms with Crippen molar-refractivity contribution in [1.82, 2.24) is 30.7 Å². The van der Waals surface area contributed by atoms with Crippen molar-refractivity contribution in [2.24, 2.45) is 5.92 Å². The number of carbonyl (C=O) groups excluding carboxylic acids is 1. The summed E-state index contributed by atoms with van der Waals surface area (Å²) in [5.41, 5.74) is 0. The highest BCUT2D eigenvalue weighted by atomic mass is 32.1. The summed E-state index contributed by atoms with van der Waals surface area (Å²) < 4.78 is 0. The topological polar surface area (TPSA) is 85.9 Å². The molecule has 24 heavy (non-hydrogen) atoms. The molecule has 0 saturated heterocycles. The van der Waals surface area contributed by atoms with Crippen LogP contribution in [0, 0.1) is 5.92 Å². The van der Waals surface area contributed by atoms with E-state index in [-0.39, 0.29) is 12.1 Å². The van der Waals surface area contributed by atoms with Crippen molar-refractivity contribution in [3.05, 3.63) is 23.3 Å². The normalized spacial score (nSPS) is 12.6. The molecule has 2 heterocycles. The molecule has 3 N–H and O–H groups in total. The fraction of sp³-hybridized carbons (Fsp3) is 0.562. The van der Waals surface area contributed by atoms with Crippen LogP contribution < -0.4 is 10.6 Å². The van der Waals surface area contributed by atoms with Gasteiger partial charge in [0.15, 0.2) is 5.82 Å². The summed E-state index contributed by atoms with van der Waals surface area (Å²) in [5, 5.41) is 14.9. The molecule has 0 aliphatic rings. The highest BCUT2D eigenvalue weighted by molar-refractivity contribution is 7.13. The van der Waals surface area contributed by atoms with Crippen molar-refractivity contribution >= 4 is 17.4 Å². The lowest BCUT2D eigenvalue weighted by Gasteiger charge is -2.24. The highest BCUT2D eigenvalue weighted by Crippen LogP contribution is 2.20. The summed E-state index contributed by atoms with van der Waals surface area (Å²) in [5.74, 6) is 1.83. The molecular weight excluding hydrogens is 324 g/mol. The predicted octanol–water partition coefficient (Wildman–Crippen LogP) is 2.31. The molecule has 0 bridgehead atoms. The van der Waals surface area contributed by atoms with E-state index in [2.05, 4.69) is 44.6 Å². The summed E-state index contributed by atoms with van der Waals surface area (Å²) in [6, 6.07) is 3.87. The fourth-order valence-electron chi connectivity index (χ4n) is 2.48. The number of hydrogen-bond acceptors (Lipinski definition) is 5. The first-order valence-electron chi connectivity index (χ1n) is 8.08. The van der Waals surface area contributed by atoms with Crippen molar-refractivity contribution in [3.8, 4) is 10.7 Å². The van der Waals surface area contributed by atoms with Crippen LogP contribution >= 0.6 is 11.3 Å². The lowest BCUT2D eigenvalue weighted by Crippen LogP contribution is -2.46. The van der Waals surface area contributed by atoms with E-state index in [1.54, 1.807) is 11.3 Å². The number of thiophene rings is 1. The van der Waals surface area contributed by atoms with Crippen LogP contribution in [-0.4, -0.2) is 52.8 Å². The summed E-state index contributed by atoms with van der Waals surface area (Å²) >= 11 is 1.58. The van der Waals surface area contributed by atoms with E-state index in [0.717, 1.165) is 17.8 Å². The Morgan fingerprint density at radius 3 is 2.83 bits per heavy atom. The van der Waals surface area contributed by atoms with Gasteiger partial charge in [0.25, 0.3) is 0 Å². The summed E-state index contributed by atoms with van der Waals surface area (Å²) in [6.07, 6.45) is 0.941. The molecule has 2 aromatic heterocycles. The van der Waals surface area contributed by atoms with Crippen molar-refractivity contribution in [3.63, 3.8) is 0 Å². The quantitative estimate of drug-likeness (QED) is 0.682. The van der Waals surface area contributed by atoms with Crippen LogP contribution in [0.1, 0.15) is 26.1 Å². The van der Waals surface area contributed by atoms with E-state index in [1.807, 2.05) is 31.6 Å². The molecule has 8 heteroatoms. The zero-order valence-corrected chi connectivity index (χ0v) is 15.5. The number of likely N-dealkylation sites (N-methyl/N-ethyl adjacent to an activating group) is 1. The zero-order valence-electron chi connectivity index (χ0n) is 14.7. The second-order valence-corrected chi connectivity index (χ2v) is 7.45. The maximum atomic E-state index is 12.1. The molecule has 0 unspecified atom stereocenters. The molecule has 0 radical (unpaired) electrons. The van der Waals surface area contributed by atoms with E-state index in [1.165, 1.54) is 0 Å². The number of hydrogen-bond donors (Lipinski definition) is 3. The Morgan fingerprint density at radius 2 is 2.21 bits per heavy atom. The fourth-order valence-corrected chi connectivity index (χ4v) is 3.14. The molecule has 1 atom stereocenters. The van der Waals surface area contributed by atoms with Gasteiger partial charge in [-0.15, -0.1) is 11.3 Å². The van der Waals surface area contributed by atoms with Crippen LogP contribution in [0.15, 0.2) is 17.5 Å². The molecule has 0 fully saturated rings. The Hall–Kier alpha value is -1.93. The first-order valence-corrected chi connectivity index (χ1v) is 8.96. The van der Waals surface area contributed by atoms with Gasteiger partial charge in [-0.05, 0) is 37.9 Å². The first-order chi connectivity index (χ1) is 11.4. The van der Waals surface area contributed by atoms with Crippen LogP contribution in [0.25, 0.3) is 10.7 Å². The number of nitrogens with one attached hydrogen (secondary N) is 3. The number of aromatic nitrogens is 3. The number of urea groups is 1. The Morgan fingerprint density at radius 1 is 1.42 bits per heavy atom. The molecule has 0 aliphatic heterocycles. The van der Waals surface area contributed by atoms with Crippen molar-refractivity contribution in [1.29, 1.82) is 0 Å². The molecule has 2 amide bonds. The smallest absolute Gasteiger partial charge is 0.315 e. The third kappa shape index (κ3) is 5.93. The lowest BCUT2D eigenvalue weighted by atomic mass is 10.0. The minimum atomic E-state index is -0.184. The average Bonchev–Trinajstić information content (AvgIpc) is 3.15. The molecule has 0 aliphatic carbocycles. The molecule has 0 spiro atoms. The second kappa shape index (κ2) is 8.79. The van der Waals surface area contributed by atoms with Gasteiger partial charge in [0, 0.05) is 12.6 Å². The monoisotopic (exact) mass is 350 g/mol. The SMILES string of the molecule is CC(C)C[C@H](CN(C)C)NC(=O)NCc1nc(-c2cccs2)n[nH]1. The Bertz CT molecular complexity index is 612. The standard InChI is InChI=1S/C16H26N6OS/c1-11(2)8-12(10-22(3)4)18-16(23)17-9-14-19-15(21-20-14)13-6-5-7-24-13/h5-7,11-12H,8-10H2,1-4H3,(H2,17,18,23)(H,19,20,21)/t12-/m1/s1. The van der Waals surface area contributed by atoms with Gasteiger partial charge in [0.1, 0.15) is 5.82 Å². The summed E-state index contributed by atoms with van der Waals surface area (Å²) in [4.78, 5) is 19.6. The molecule has 132 valence electrons. The van der Waals surface area contributed by atoms with E-state index >= 15 is 0 Å². The van der Waals surface area contributed by atoms with Crippen LogP contribution in [0.2, 0.25) is 0 Å². The van der Waals surface area contributed by atoms with E-state index in [0.29, 0.717) is 24.1 Å². The molecule has 7 nitrogen and oxygen atoms in total. The molecule has 0 saturated carbocycles. The van der Waals surface area contributed by atoms with Gasteiger partial charge in [-0.2, -0.15) is 5.10 Å². The van der Waals surface area contributed by atoms with E-state index < -0.39 is 0 Å². The van der Waals surface area contributed by atoms with Crippen LogP contribution in [0.5, 0.6) is 0 Å². The lowest BCUT2D eigenvalue weighted by molar-refractivity contribution is 0.228. The Labute approximate surface area is 146 Å². The number of aromatic amines is 1. The number of amides is 2. The van der Waals surface area contributed by atoms with E-state index in [4.69, 9.17) is 0 Å². The van der Waals surface area contributed by atoms with Gasteiger partial charge in [0.2, 0.25) is 0 Å². The average molecular weight is 350 g/mol. The molecule has 2 aromatic rings. The zero-order chi connectivity index (χ0) is 17.5. The van der Waals surface area contributed by atoms with Gasteiger partial charge in [0.05, 0.1) is 11.4 Å². The van der Waals surface area contributed by atoms with E-state index in [9.17, 15) is 4.79 Å². The first kappa shape index (κ1) is 18.4. The number of H-pyrrole nitrogens is 1. The van der Waals surface area contributed by atoms with Crippen LogP contribution in [0.4, 0.5) is 4.79 Å². The third-order valence-electron chi connectivity index (χ3n) is 3.37. The minimum Gasteiger partial charge on any atom is -0.334 e. The number of nitrogens with zero attached hydrogens (tertiary/aromatic N) is 3. The molecule has 0 aromatic carbocycles. The Balaban J connectivity index is 1.83. The predicted molar refractivity (Wildman–Crippen MR) is 96.9 cm³/mol. The molecular formula is C16H26N6OS. The minimum absolute atomic E-state index is 0.122. The maximum absolute atomic E-state index is 12.1. The maximum Gasteiger partial charge on any atom is 0.315 e. The number of carbonyl (C=O) groups is 1. The van der Waals surface area contributed by atoms with Gasteiger partial charge in [-0.25, -0.2) is 9.78 Å².